The third-order valence-corrected chi connectivity index (χ3v) is 5.16. The number of benzene rings is 1. The quantitative estimate of drug-likeness (QED) is 0.418. The zero-order valence-electron chi connectivity index (χ0n) is 16.2. The van der Waals surface area contributed by atoms with Crippen LogP contribution in [-0.4, -0.2) is 60.5 Å². The molecule has 2 aliphatic rings. The minimum absolute atomic E-state index is 0.0417. The molecule has 2 aliphatic heterocycles. The number of rotatable bonds is 5. The lowest BCUT2D eigenvalue weighted by Crippen LogP contribution is -2.40. The van der Waals surface area contributed by atoms with Crippen molar-refractivity contribution >= 4 is 29.3 Å². The minimum atomic E-state index is -4.70. The first kappa shape index (κ1) is 22.3. The highest BCUT2D eigenvalue weighted by Crippen LogP contribution is 2.37. The second kappa shape index (κ2) is 8.78. The zero-order chi connectivity index (χ0) is 22.8. The summed E-state index contributed by atoms with van der Waals surface area (Å²) < 4.78 is 43.6. The first-order chi connectivity index (χ1) is 14.6. The number of hydrogen-bond acceptors (Lipinski definition) is 7. The van der Waals surface area contributed by atoms with E-state index < -0.39 is 52.8 Å². The highest BCUT2D eigenvalue weighted by molar-refractivity contribution is 5.97. The van der Waals surface area contributed by atoms with E-state index in [0.717, 1.165) is 17.0 Å². The van der Waals surface area contributed by atoms with E-state index >= 15 is 0 Å². The number of nitrogens with one attached hydrogen (secondary N) is 1. The molecule has 0 aliphatic carbocycles. The van der Waals surface area contributed by atoms with Crippen LogP contribution in [0.5, 0.6) is 0 Å². The second-order valence-electron chi connectivity index (χ2n) is 7.10. The van der Waals surface area contributed by atoms with Gasteiger partial charge in [-0.3, -0.25) is 24.6 Å². The van der Waals surface area contributed by atoms with Crippen LogP contribution in [0.1, 0.15) is 18.4 Å². The van der Waals surface area contributed by atoms with E-state index in [1.807, 2.05) is 0 Å². The maximum atomic E-state index is 12.9. The number of nitro benzene ring substituents is 1. The molecule has 0 radical (unpaired) electrons. The Labute approximate surface area is 174 Å². The normalized spacial score (nSPS) is 17.5. The summed E-state index contributed by atoms with van der Waals surface area (Å²) in [5, 5.41) is 13.7. The molecule has 31 heavy (non-hydrogen) atoms. The van der Waals surface area contributed by atoms with Crippen molar-refractivity contribution in [1.29, 1.82) is 0 Å². The molecule has 2 saturated heterocycles. The van der Waals surface area contributed by atoms with Gasteiger partial charge in [-0.1, -0.05) is 0 Å². The second-order valence-corrected chi connectivity index (χ2v) is 7.10. The lowest BCUT2D eigenvalue weighted by atomic mass is 9.96. The molecule has 3 rings (SSSR count). The molecule has 1 aromatic rings. The van der Waals surface area contributed by atoms with Crippen molar-refractivity contribution in [3.05, 3.63) is 33.9 Å². The predicted molar refractivity (Wildman–Crippen MR) is 99.1 cm³/mol. The molecule has 0 saturated carbocycles. The van der Waals surface area contributed by atoms with Crippen molar-refractivity contribution in [2.24, 2.45) is 5.92 Å². The Morgan fingerprint density at radius 2 is 1.90 bits per heavy atom. The summed E-state index contributed by atoms with van der Waals surface area (Å²) in [6.07, 6.45) is -4.21. The highest BCUT2D eigenvalue weighted by Gasteiger charge is 2.35. The number of nitrogens with zero attached hydrogens (tertiary/aromatic N) is 3. The number of carbonyl (C=O) groups excluding carboxylic acids is 3. The minimum Gasteiger partial charge on any atom is -0.455 e. The van der Waals surface area contributed by atoms with Crippen molar-refractivity contribution in [1.82, 2.24) is 10.2 Å². The van der Waals surface area contributed by atoms with Gasteiger partial charge >= 0.3 is 18.2 Å². The molecule has 1 N–H and O–H groups in total. The molecule has 0 atom stereocenters. The summed E-state index contributed by atoms with van der Waals surface area (Å²) in [5.41, 5.74) is -1.73. The number of alkyl halides is 3. The molecule has 0 aromatic heterocycles. The number of anilines is 1. The summed E-state index contributed by atoms with van der Waals surface area (Å²) >= 11 is 0. The monoisotopic (exact) mass is 444 g/mol. The molecule has 0 unspecified atom stereocenters. The number of nitro groups is 1. The van der Waals surface area contributed by atoms with Crippen LogP contribution in [0, 0.1) is 16.0 Å². The molecule has 168 valence electrons. The Balaban J connectivity index is 1.58. The average molecular weight is 444 g/mol. The standard InChI is InChI=1S/C18H19F3N4O6/c19-18(20,21)12-1-2-13(14(9-12)25(29)30)23-6-3-11(4-7-23)16(27)31-10-15(26)24-8-5-22-17(24)28/h1-2,9,11H,3-8,10H2,(H,22,28). The van der Waals surface area contributed by atoms with Crippen LogP contribution in [0.3, 0.4) is 0 Å². The fraction of sp³-hybridized carbons (Fsp3) is 0.500. The van der Waals surface area contributed by atoms with Crippen molar-refractivity contribution in [3.8, 4) is 0 Å². The molecule has 10 nitrogen and oxygen atoms in total. The van der Waals surface area contributed by atoms with Crippen LogP contribution in [0.4, 0.5) is 29.3 Å². The number of ether oxygens (including phenoxy) is 1. The molecule has 3 amide bonds. The number of esters is 1. The topological polar surface area (TPSA) is 122 Å². The van der Waals surface area contributed by atoms with Crippen LogP contribution in [-0.2, 0) is 20.5 Å². The van der Waals surface area contributed by atoms with Gasteiger partial charge in [-0.05, 0) is 25.0 Å². The van der Waals surface area contributed by atoms with Gasteiger partial charge in [0.1, 0.15) is 5.69 Å². The Morgan fingerprint density at radius 1 is 1.23 bits per heavy atom. The van der Waals surface area contributed by atoms with Gasteiger partial charge in [-0.2, -0.15) is 13.2 Å². The maximum Gasteiger partial charge on any atom is 0.416 e. The number of carbonyl (C=O) groups is 3. The average Bonchev–Trinajstić information content (AvgIpc) is 3.16. The molecule has 0 spiro atoms. The van der Waals surface area contributed by atoms with Crippen molar-refractivity contribution in [3.63, 3.8) is 0 Å². The lowest BCUT2D eigenvalue weighted by molar-refractivity contribution is -0.384. The summed E-state index contributed by atoms with van der Waals surface area (Å²) in [4.78, 5) is 48.5. The van der Waals surface area contributed by atoms with E-state index in [4.69, 9.17) is 4.74 Å². The number of imide groups is 1. The van der Waals surface area contributed by atoms with Gasteiger partial charge < -0.3 is 15.0 Å². The van der Waals surface area contributed by atoms with Gasteiger partial charge in [0.15, 0.2) is 6.61 Å². The summed E-state index contributed by atoms with van der Waals surface area (Å²) in [6.45, 7) is 0.326. The van der Waals surface area contributed by atoms with Crippen molar-refractivity contribution in [2.75, 3.05) is 37.7 Å². The van der Waals surface area contributed by atoms with Crippen LogP contribution in [0.15, 0.2) is 18.2 Å². The molecule has 0 bridgehead atoms. The number of piperidine rings is 1. The van der Waals surface area contributed by atoms with E-state index in [2.05, 4.69) is 5.32 Å². The fourth-order valence-corrected chi connectivity index (χ4v) is 3.51. The van der Waals surface area contributed by atoms with E-state index in [1.165, 1.54) is 0 Å². The van der Waals surface area contributed by atoms with Gasteiger partial charge in [0.25, 0.3) is 11.6 Å². The van der Waals surface area contributed by atoms with Gasteiger partial charge in [0, 0.05) is 32.2 Å². The van der Waals surface area contributed by atoms with Crippen LogP contribution < -0.4 is 10.2 Å². The van der Waals surface area contributed by atoms with Gasteiger partial charge in [0.2, 0.25) is 0 Å². The van der Waals surface area contributed by atoms with Gasteiger partial charge in [-0.25, -0.2) is 4.79 Å². The molecule has 13 heteroatoms. The highest BCUT2D eigenvalue weighted by atomic mass is 19.4. The largest absolute Gasteiger partial charge is 0.455 e. The van der Waals surface area contributed by atoms with Crippen molar-refractivity contribution < 1.29 is 37.2 Å². The first-order valence-electron chi connectivity index (χ1n) is 9.43. The van der Waals surface area contributed by atoms with E-state index in [9.17, 15) is 37.7 Å². The molecule has 1 aromatic carbocycles. The Morgan fingerprint density at radius 3 is 2.45 bits per heavy atom. The summed E-state index contributed by atoms with van der Waals surface area (Å²) in [5.74, 6) is -1.83. The van der Waals surface area contributed by atoms with Gasteiger partial charge in [0.05, 0.1) is 16.4 Å². The smallest absolute Gasteiger partial charge is 0.416 e. The SMILES string of the molecule is O=C(OCC(=O)N1CCNC1=O)C1CCN(c2ccc(C(F)(F)F)cc2[N+](=O)[O-])CC1. The van der Waals surface area contributed by atoms with Crippen LogP contribution in [0.2, 0.25) is 0 Å². The van der Waals surface area contributed by atoms with Crippen LogP contribution in [0.25, 0.3) is 0 Å². The summed E-state index contributed by atoms with van der Waals surface area (Å²) in [6, 6.07) is 1.78. The zero-order valence-corrected chi connectivity index (χ0v) is 16.2. The maximum absolute atomic E-state index is 12.9. The first-order valence-corrected chi connectivity index (χ1v) is 9.43. The third-order valence-electron chi connectivity index (χ3n) is 5.16. The number of urea groups is 1. The van der Waals surface area contributed by atoms with E-state index in [1.54, 1.807) is 4.90 Å². The van der Waals surface area contributed by atoms with Crippen molar-refractivity contribution in [2.45, 2.75) is 19.0 Å². The van der Waals surface area contributed by atoms with Gasteiger partial charge in [-0.15, -0.1) is 0 Å². The molecule has 2 heterocycles. The fourth-order valence-electron chi connectivity index (χ4n) is 3.51. The molecular weight excluding hydrogens is 425 g/mol. The van der Waals surface area contributed by atoms with Crippen LogP contribution >= 0.6 is 0 Å². The Bertz CT molecular complexity index is 899. The lowest BCUT2D eigenvalue weighted by Gasteiger charge is -2.32. The number of hydrogen-bond donors (Lipinski definition) is 1. The van der Waals surface area contributed by atoms with E-state index in [-0.39, 0.29) is 38.2 Å². The van der Waals surface area contributed by atoms with E-state index in [0.29, 0.717) is 12.6 Å². The Hall–Kier alpha value is -3.38. The number of amides is 3. The Kier molecular flexibility index (Phi) is 6.32. The third kappa shape index (κ3) is 5.03. The molecular formula is C18H19F3N4O6. The summed E-state index contributed by atoms with van der Waals surface area (Å²) in [7, 11) is 0. The predicted octanol–water partition coefficient (Wildman–Crippen LogP) is 1.93. The molecule has 2 fully saturated rings. The number of halogens is 3.